The fourth-order valence-electron chi connectivity index (χ4n) is 5.05. The number of carbonyl (C=O) groups excluding carboxylic acids is 1. The van der Waals surface area contributed by atoms with Crippen LogP contribution in [-0.2, 0) is 18.4 Å². The number of quaternary nitrogens is 1. The molecule has 0 radical (unpaired) electrons. The van der Waals surface area contributed by atoms with Gasteiger partial charge in [0.25, 0.3) is 0 Å². The SMILES string of the molecule is CCCCCCCCCCC/C=C/[C@@H](O)[C@H](COP(=O)(O)OCC[N+](C)(C)C)NC(=O)CCC/C=C\C/C=C\C/C=C\C/C=C\[C@H](O)CCCC. The summed E-state index contributed by atoms with van der Waals surface area (Å²) in [6, 6.07) is -0.887. The Kier molecular flexibility index (Phi) is 31.6. The highest BCUT2D eigenvalue weighted by atomic mass is 31.2. The highest BCUT2D eigenvalue weighted by molar-refractivity contribution is 7.47. The fraction of sp³-hybridized carbons (Fsp3) is 0.732. The van der Waals surface area contributed by atoms with Crippen LogP contribution in [0.2, 0.25) is 0 Å². The van der Waals surface area contributed by atoms with Crippen molar-refractivity contribution in [2.75, 3.05) is 40.9 Å². The third-order valence-corrected chi connectivity index (χ3v) is 9.29. The first kappa shape index (κ1) is 49.2. The average Bonchev–Trinajstić information content (AvgIpc) is 3.07. The Bertz CT molecular complexity index is 1040. The van der Waals surface area contributed by atoms with Crippen LogP contribution in [0.1, 0.15) is 136 Å². The van der Waals surface area contributed by atoms with E-state index in [-0.39, 0.29) is 31.6 Å². The van der Waals surface area contributed by atoms with Crippen LogP contribution >= 0.6 is 7.82 Å². The maximum atomic E-state index is 12.8. The molecule has 9 nitrogen and oxygen atoms in total. The molecule has 0 saturated carbocycles. The molecule has 0 heterocycles. The lowest BCUT2D eigenvalue weighted by molar-refractivity contribution is -0.870. The molecule has 1 unspecified atom stereocenters. The van der Waals surface area contributed by atoms with Gasteiger partial charge in [-0.15, -0.1) is 0 Å². The molecule has 0 aliphatic rings. The lowest BCUT2D eigenvalue weighted by atomic mass is 10.1. The number of allylic oxidation sites excluding steroid dienone is 8. The second-order valence-electron chi connectivity index (χ2n) is 14.5. The highest BCUT2D eigenvalue weighted by Crippen LogP contribution is 2.43. The molecule has 1 amide bonds. The minimum atomic E-state index is -4.36. The van der Waals surface area contributed by atoms with Crippen molar-refractivity contribution in [1.29, 1.82) is 0 Å². The first-order valence-electron chi connectivity index (χ1n) is 19.8. The molecule has 0 bridgehead atoms. The largest absolute Gasteiger partial charge is 0.472 e. The van der Waals surface area contributed by atoms with Crippen molar-refractivity contribution in [2.45, 2.75) is 154 Å². The number of phosphoric ester groups is 1. The van der Waals surface area contributed by atoms with E-state index >= 15 is 0 Å². The van der Waals surface area contributed by atoms with E-state index in [0.717, 1.165) is 64.2 Å². The van der Waals surface area contributed by atoms with Crippen molar-refractivity contribution in [1.82, 2.24) is 5.32 Å². The molecule has 51 heavy (non-hydrogen) atoms. The molecule has 10 heteroatoms. The van der Waals surface area contributed by atoms with Gasteiger partial charge in [-0.25, -0.2) is 4.57 Å². The standard InChI is InChI=1S/C41H75N2O7P/c1-6-8-10-11-12-13-16-20-23-26-29-33-40(45)39(37-50-51(47,48)49-36-35-43(3,4)5)42-41(46)34-30-27-24-21-18-15-14-17-19-22-25-28-32-38(44)31-9-7-2/h14-15,19,21-22,24,28-29,32-33,38-40,44-45H,6-13,16-18,20,23,25-27,30-31,34-37H2,1-5H3,(H-,42,46,47,48)/p+1/b15-14-,22-19-,24-21-,32-28-,33-29+/t38-,39+,40-/m1/s1. The van der Waals surface area contributed by atoms with Crippen LogP contribution in [0.3, 0.4) is 0 Å². The van der Waals surface area contributed by atoms with Gasteiger partial charge < -0.3 is 24.9 Å². The number of rotatable bonds is 34. The number of hydrogen-bond donors (Lipinski definition) is 4. The second kappa shape index (κ2) is 32.8. The Labute approximate surface area is 312 Å². The van der Waals surface area contributed by atoms with Crippen molar-refractivity contribution in [3.8, 4) is 0 Å². The van der Waals surface area contributed by atoms with Crippen molar-refractivity contribution < 1.29 is 38.0 Å². The molecule has 0 rings (SSSR count). The van der Waals surface area contributed by atoms with Crippen molar-refractivity contribution in [3.05, 3.63) is 60.8 Å². The molecule has 0 aromatic carbocycles. The molecular weight excluding hydrogens is 663 g/mol. The van der Waals surface area contributed by atoms with Crippen molar-refractivity contribution in [3.63, 3.8) is 0 Å². The number of aliphatic hydroxyl groups excluding tert-OH is 2. The molecule has 0 spiro atoms. The predicted octanol–water partition coefficient (Wildman–Crippen LogP) is 9.27. The van der Waals surface area contributed by atoms with Crippen LogP contribution in [0.15, 0.2) is 60.8 Å². The summed E-state index contributed by atoms with van der Waals surface area (Å²) >= 11 is 0. The molecule has 0 aromatic rings. The number of nitrogens with one attached hydrogen (secondary N) is 1. The van der Waals surface area contributed by atoms with E-state index in [9.17, 15) is 24.5 Å². The Balaban J connectivity index is 4.65. The average molecular weight is 740 g/mol. The monoisotopic (exact) mass is 740 g/mol. The first-order chi connectivity index (χ1) is 24.4. The summed E-state index contributed by atoms with van der Waals surface area (Å²) in [6.07, 6.45) is 37.7. The molecule has 4 atom stereocenters. The van der Waals surface area contributed by atoms with Gasteiger partial charge >= 0.3 is 7.82 Å². The van der Waals surface area contributed by atoms with E-state index in [1.807, 2.05) is 39.4 Å². The van der Waals surface area contributed by atoms with Crippen LogP contribution in [-0.4, -0.2) is 84.6 Å². The van der Waals surface area contributed by atoms with Gasteiger partial charge in [0, 0.05) is 6.42 Å². The van der Waals surface area contributed by atoms with Crippen LogP contribution in [0.25, 0.3) is 0 Å². The fourth-order valence-corrected chi connectivity index (χ4v) is 5.79. The smallest absolute Gasteiger partial charge is 0.389 e. The second-order valence-corrected chi connectivity index (χ2v) is 15.9. The molecule has 0 aliphatic carbocycles. The quantitative estimate of drug-likeness (QED) is 0.0224. The predicted molar refractivity (Wildman–Crippen MR) is 213 cm³/mol. The van der Waals surface area contributed by atoms with Crippen LogP contribution in [0.5, 0.6) is 0 Å². The van der Waals surface area contributed by atoms with Gasteiger partial charge in [0.15, 0.2) is 0 Å². The Morgan fingerprint density at radius 3 is 1.86 bits per heavy atom. The van der Waals surface area contributed by atoms with Gasteiger partial charge in [-0.3, -0.25) is 13.8 Å². The number of hydrogen-bond acceptors (Lipinski definition) is 6. The van der Waals surface area contributed by atoms with E-state index in [4.69, 9.17) is 9.05 Å². The lowest BCUT2D eigenvalue weighted by Gasteiger charge is -2.25. The zero-order valence-corrected chi connectivity index (χ0v) is 33.8. The van der Waals surface area contributed by atoms with Crippen LogP contribution in [0, 0.1) is 0 Å². The van der Waals surface area contributed by atoms with Gasteiger partial charge in [0.05, 0.1) is 46.0 Å². The summed E-state index contributed by atoms with van der Waals surface area (Å²) in [4.78, 5) is 23.0. The number of phosphoric acid groups is 1. The summed E-state index contributed by atoms with van der Waals surface area (Å²) in [6.45, 7) is 4.56. The molecule has 0 aromatic heterocycles. The Morgan fingerprint density at radius 2 is 1.25 bits per heavy atom. The van der Waals surface area contributed by atoms with E-state index in [2.05, 4.69) is 55.6 Å². The third kappa shape index (κ3) is 35.0. The summed E-state index contributed by atoms with van der Waals surface area (Å²) in [5, 5.41) is 23.5. The third-order valence-electron chi connectivity index (χ3n) is 8.30. The number of likely N-dealkylation sites (N-methyl/N-ethyl adjacent to an activating group) is 1. The number of unbranched alkanes of at least 4 members (excludes halogenated alkanes) is 11. The summed E-state index contributed by atoms with van der Waals surface area (Å²) < 4.78 is 23.4. The van der Waals surface area contributed by atoms with E-state index in [1.165, 1.54) is 44.9 Å². The minimum Gasteiger partial charge on any atom is -0.389 e. The molecule has 0 saturated heterocycles. The summed E-state index contributed by atoms with van der Waals surface area (Å²) in [5.74, 6) is -0.251. The van der Waals surface area contributed by atoms with E-state index in [1.54, 1.807) is 6.08 Å². The Morgan fingerprint density at radius 1 is 0.706 bits per heavy atom. The first-order valence-corrected chi connectivity index (χ1v) is 21.3. The summed E-state index contributed by atoms with van der Waals surface area (Å²) in [7, 11) is 1.50. The number of aliphatic hydroxyl groups is 2. The van der Waals surface area contributed by atoms with Gasteiger partial charge in [-0.05, 0) is 51.4 Å². The molecule has 4 N–H and O–H groups in total. The highest BCUT2D eigenvalue weighted by Gasteiger charge is 2.27. The molecule has 0 aliphatic heterocycles. The number of amides is 1. The topological polar surface area (TPSA) is 125 Å². The van der Waals surface area contributed by atoms with Crippen molar-refractivity contribution >= 4 is 13.7 Å². The molecule has 0 fully saturated rings. The summed E-state index contributed by atoms with van der Waals surface area (Å²) in [5.41, 5.74) is 0. The van der Waals surface area contributed by atoms with Gasteiger partial charge in [0.1, 0.15) is 13.2 Å². The molecule has 296 valence electrons. The maximum absolute atomic E-state index is 12.8. The normalized spacial score (nSPS) is 15.8. The molecular formula is C41H76N2O7P+. The maximum Gasteiger partial charge on any atom is 0.472 e. The lowest BCUT2D eigenvalue weighted by Crippen LogP contribution is -2.45. The Hall–Kier alpha value is -1.84. The van der Waals surface area contributed by atoms with Gasteiger partial charge in [-0.2, -0.15) is 0 Å². The zero-order valence-electron chi connectivity index (χ0n) is 32.9. The van der Waals surface area contributed by atoms with Crippen molar-refractivity contribution in [2.24, 2.45) is 0 Å². The minimum absolute atomic E-state index is 0.0411. The van der Waals surface area contributed by atoms with Crippen LogP contribution < -0.4 is 5.32 Å². The number of carbonyl (C=O) groups is 1. The van der Waals surface area contributed by atoms with E-state index < -0.39 is 20.0 Å². The van der Waals surface area contributed by atoms with E-state index in [0.29, 0.717) is 17.4 Å². The zero-order chi connectivity index (χ0) is 38.1. The van der Waals surface area contributed by atoms with Gasteiger partial charge in [-0.1, -0.05) is 139 Å². The van der Waals surface area contributed by atoms with Gasteiger partial charge in [0.2, 0.25) is 5.91 Å². The number of nitrogens with zero attached hydrogens (tertiary/aromatic N) is 1. The van der Waals surface area contributed by atoms with Crippen LogP contribution in [0.4, 0.5) is 0 Å².